The molecule has 0 radical (unpaired) electrons. The lowest BCUT2D eigenvalue weighted by molar-refractivity contribution is 0.666. The van der Waals surface area contributed by atoms with Crippen LogP contribution in [0.25, 0.3) is 142 Å². The minimum atomic E-state index is 0.577. The molecule has 0 spiro atoms. The number of rotatable bonds is 6. The molecule has 15 aromatic rings. The fraction of sp³-hybridized carbons (Fsp3) is 0. The van der Waals surface area contributed by atoms with E-state index in [1.54, 1.807) is 0 Å². The third-order valence-electron chi connectivity index (χ3n) is 14.0. The lowest BCUT2D eigenvalue weighted by Gasteiger charge is -2.13. The molecule has 0 unspecified atom stereocenters. The summed E-state index contributed by atoms with van der Waals surface area (Å²) in [6, 6.07) is 79.7. The van der Waals surface area contributed by atoms with Gasteiger partial charge in [0.15, 0.2) is 23.1 Å². The van der Waals surface area contributed by atoms with Gasteiger partial charge >= 0.3 is 0 Å². The Bertz CT molecular complexity index is 4530. The number of benzene rings is 10. The lowest BCUT2D eigenvalue weighted by Crippen LogP contribution is -2.01. The normalized spacial score (nSPS) is 12.0. The van der Waals surface area contributed by atoms with E-state index in [0.29, 0.717) is 17.5 Å². The molecule has 15 rings (SSSR count). The van der Waals surface area contributed by atoms with Crippen molar-refractivity contribution < 1.29 is 4.42 Å². The Labute approximate surface area is 404 Å². The Balaban J connectivity index is 1.03. The molecule has 5 aromatic heterocycles. The second-order valence-corrected chi connectivity index (χ2v) is 19.0. The van der Waals surface area contributed by atoms with Crippen molar-refractivity contribution in [3.8, 4) is 56.7 Å². The Morgan fingerprint density at radius 1 is 0.343 bits per heavy atom. The molecule has 0 atom stereocenters. The average molecular weight is 912 g/mol. The first-order valence-electron chi connectivity index (χ1n) is 23.5. The van der Waals surface area contributed by atoms with E-state index in [-0.39, 0.29) is 0 Å². The summed E-state index contributed by atoms with van der Waals surface area (Å²) in [5.74, 6) is 1.80. The third kappa shape index (κ3) is 5.82. The molecule has 0 aliphatic carbocycles. The summed E-state index contributed by atoms with van der Waals surface area (Å²) >= 11 is 1.85. The molecular formula is C63H37N5OS. The van der Waals surface area contributed by atoms with Crippen molar-refractivity contribution >= 4 is 97.1 Å². The Morgan fingerprint density at radius 2 is 0.886 bits per heavy atom. The third-order valence-corrected chi connectivity index (χ3v) is 15.1. The van der Waals surface area contributed by atoms with Crippen LogP contribution in [0.3, 0.4) is 0 Å². The molecule has 0 aliphatic rings. The summed E-state index contributed by atoms with van der Waals surface area (Å²) in [5, 5.41) is 9.27. The van der Waals surface area contributed by atoms with Crippen molar-refractivity contribution in [2.75, 3.05) is 0 Å². The van der Waals surface area contributed by atoms with Crippen LogP contribution in [-0.2, 0) is 0 Å². The van der Waals surface area contributed by atoms with Gasteiger partial charge < -0.3 is 13.6 Å². The van der Waals surface area contributed by atoms with E-state index in [1.165, 1.54) is 41.9 Å². The molecule has 10 aromatic carbocycles. The highest BCUT2D eigenvalue weighted by atomic mass is 32.1. The van der Waals surface area contributed by atoms with Crippen molar-refractivity contribution in [3.05, 3.63) is 224 Å². The number of hydrogen-bond donors (Lipinski definition) is 0. The van der Waals surface area contributed by atoms with Gasteiger partial charge in [-0.3, -0.25) is 0 Å². The number of hydrogen-bond acceptors (Lipinski definition) is 5. The van der Waals surface area contributed by atoms with E-state index >= 15 is 0 Å². The first kappa shape index (κ1) is 38.9. The van der Waals surface area contributed by atoms with Crippen molar-refractivity contribution in [2.24, 2.45) is 0 Å². The molecule has 0 bridgehead atoms. The highest BCUT2D eigenvalue weighted by Crippen LogP contribution is 2.47. The van der Waals surface area contributed by atoms with Gasteiger partial charge in [-0.25, -0.2) is 15.0 Å². The second-order valence-electron chi connectivity index (χ2n) is 17.9. The van der Waals surface area contributed by atoms with Crippen LogP contribution >= 0.6 is 11.3 Å². The summed E-state index contributed by atoms with van der Waals surface area (Å²) in [6.45, 7) is 0. The van der Waals surface area contributed by atoms with Crippen LogP contribution in [0.15, 0.2) is 229 Å². The highest BCUT2D eigenvalue weighted by molar-refractivity contribution is 7.25. The Morgan fingerprint density at radius 3 is 1.64 bits per heavy atom. The molecule has 0 saturated carbocycles. The zero-order chi connectivity index (χ0) is 45.9. The molecule has 7 heteroatoms. The summed E-state index contributed by atoms with van der Waals surface area (Å²) in [6.07, 6.45) is 0. The zero-order valence-corrected chi connectivity index (χ0v) is 38.2. The SMILES string of the molecule is c1ccc(-c2nc(-c3ccccc3)nc(-c3ccc(-n4c5ccc(-c6ccc7sc8ccccc8c7c6)cc5c5c6c7ccccc7n(-c7ccccc7)c6ccc54)c4oc5ccccc5c34)n2)cc1. The van der Waals surface area contributed by atoms with Gasteiger partial charge in [0.05, 0.1) is 27.8 Å². The summed E-state index contributed by atoms with van der Waals surface area (Å²) in [4.78, 5) is 15.5. The number of thiophene rings is 1. The molecule has 0 amide bonds. The van der Waals surface area contributed by atoms with Gasteiger partial charge in [-0.05, 0) is 90.0 Å². The van der Waals surface area contributed by atoms with Crippen molar-refractivity contribution in [1.82, 2.24) is 24.1 Å². The number of para-hydroxylation sites is 3. The van der Waals surface area contributed by atoms with Gasteiger partial charge in [0, 0.05) is 74.9 Å². The average Bonchev–Trinajstić information content (AvgIpc) is 4.19. The van der Waals surface area contributed by atoms with Crippen LogP contribution in [0.1, 0.15) is 0 Å². The van der Waals surface area contributed by atoms with E-state index in [1.807, 2.05) is 78.1 Å². The Hall–Kier alpha value is -9.17. The van der Waals surface area contributed by atoms with Crippen LogP contribution in [0.5, 0.6) is 0 Å². The Kier molecular flexibility index (Phi) is 8.43. The lowest BCUT2D eigenvalue weighted by atomic mass is 9.99. The van der Waals surface area contributed by atoms with E-state index in [4.69, 9.17) is 19.4 Å². The number of furan rings is 1. The standard InChI is InChI=1S/C63H37N5OS/c1-4-16-38(17-5-1)61-64-62(39-18-6-2-7-19-39)66-63(65-61)46-30-32-53(60-57(46)45-24-11-14-26-54(45)69-60)68-50-31-28-40(41-29-35-56-47(36-41)43-22-12-15-27-55(43)70-56)37-48(50)59-52(68)34-33-51-58(59)44-23-10-13-25-49(44)67(51)42-20-8-3-9-21-42/h1-37H. The molecule has 0 N–H and O–H groups in total. The van der Waals surface area contributed by atoms with E-state index in [0.717, 1.165) is 83.0 Å². The van der Waals surface area contributed by atoms with Crippen LogP contribution in [0.4, 0.5) is 0 Å². The highest BCUT2D eigenvalue weighted by Gasteiger charge is 2.26. The maximum atomic E-state index is 7.08. The number of nitrogens with zero attached hydrogens (tertiary/aromatic N) is 5. The maximum absolute atomic E-state index is 7.08. The van der Waals surface area contributed by atoms with Gasteiger partial charge in [-0.2, -0.15) is 0 Å². The van der Waals surface area contributed by atoms with E-state index in [9.17, 15) is 0 Å². The fourth-order valence-electron chi connectivity index (χ4n) is 10.9. The van der Waals surface area contributed by atoms with Gasteiger partial charge in [-0.15, -0.1) is 11.3 Å². The topological polar surface area (TPSA) is 61.7 Å². The van der Waals surface area contributed by atoms with Crippen molar-refractivity contribution in [1.29, 1.82) is 0 Å². The van der Waals surface area contributed by atoms with Gasteiger partial charge in [0.1, 0.15) is 5.58 Å². The minimum Gasteiger partial charge on any atom is -0.454 e. The smallest absolute Gasteiger partial charge is 0.164 e. The van der Waals surface area contributed by atoms with Crippen LogP contribution in [0.2, 0.25) is 0 Å². The maximum Gasteiger partial charge on any atom is 0.164 e. The monoisotopic (exact) mass is 911 g/mol. The molecule has 0 fully saturated rings. The van der Waals surface area contributed by atoms with Gasteiger partial charge in [-0.1, -0.05) is 146 Å². The van der Waals surface area contributed by atoms with E-state index in [2.05, 4.69) is 167 Å². The summed E-state index contributed by atoms with van der Waals surface area (Å²) in [7, 11) is 0. The quantitative estimate of drug-likeness (QED) is 0.167. The zero-order valence-electron chi connectivity index (χ0n) is 37.4. The number of fused-ring (bicyclic) bond motifs is 13. The predicted molar refractivity (Wildman–Crippen MR) is 290 cm³/mol. The molecule has 6 nitrogen and oxygen atoms in total. The molecule has 70 heavy (non-hydrogen) atoms. The number of aromatic nitrogens is 5. The van der Waals surface area contributed by atoms with Crippen molar-refractivity contribution in [2.45, 2.75) is 0 Å². The molecule has 0 aliphatic heterocycles. The first-order valence-corrected chi connectivity index (χ1v) is 24.3. The molecule has 326 valence electrons. The van der Waals surface area contributed by atoms with E-state index < -0.39 is 0 Å². The summed E-state index contributed by atoms with van der Waals surface area (Å²) < 4.78 is 14.5. The minimum absolute atomic E-state index is 0.577. The molecular weight excluding hydrogens is 875 g/mol. The molecule has 0 saturated heterocycles. The van der Waals surface area contributed by atoms with Crippen LogP contribution in [0, 0.1) is 0 Å². The fourth-order valence-corrected chi connectivity index (χ4v) is 12.0. The van der Waals surface area contributed by atoms with Crippen LogP contribution < -0.4 is 0 Å². The van der Waals surface area contributed by atoms with Gasteiger partial charge in [0.25, 0.3) is 0 Å². The van der Waals surface area contributed by atoms with Crippen LogP contribution in [-0.4, -0.2) is 24.1 Å². The second kappa shape index (κ2) is 15.2. The van der Waals surface area contributed by atoms with Gasteiger partial charge in [0.2, 0.25) is 0 Å². The predicted octanol–water partition coefficient (Wildman–Crippen LogP) is 17.0. The largest absolute Gasteiger partial charge is 0.454 e. The molecule has 5 heterocycles. The first-order chi connectivity index (χ1) is 34.7. The summed E-state index contributed by atoms with van der Waals surface area (Å²) in [5.41, 5.74) is 13.1. The van der Waals surface area contributed by atoms with Crippen molar-refractivity contribution in [3.63, 3.8) is 0 Å².